The quantitative estimate of drug-likeness (QED) is 0.367. The molecule has 4 nitrogen and oxygen atoms in total. The van der Waals surface area contributed by atoms with Crippen molar-refractivity contribution in [3.05, 3.63) is 53.1 Å². The predicted molar refractivity (Wildman–Crippen MR) is 114 cm³/mol. The fourth-order valence-corrected chi connectivity index (χ4v) is 3.38. The number of ether oxygens (including phenoxy) is 2. The van der Waals surface area contributed by atoms with Gasteiger partial charge in [-0.05, 0) is 60.6 Å². The van der Waals surface area contributed by atoms with E-state index in [9.17, 15) is 0 Å². The topological polar surface area (TPSA) is 42.5 Å². The van der Waals surface area contributed by atoms with Crippen LogP contribution in [-0.2, 0) is 6.42 Å². The highest BCUT2D eigenvalue weighted by Gasteiger charge is 2.04. The zero-order chi connectivity index (χ0) is 18.8. The molecule has 2 aromatic carbocycles. The van der Waals surface area contributed by atoms with Crippen molar-refractivity contribution < 1.29 is 9.47 Å². The Bertz CT molecular complexity index is 711. The number of rotatable bonds is 9. The molecule has 0 unspecified atom stereocenters. The molecular weight excluding hydrogens is 388 g/mol. The van der Waals surface area contributed by atoms with E-state index >= 15 is 0 Å². The Balaban J connectivity index is 1.63. The highest BCUT2D eigenvalue weighted by Crippen LogP contribution is 2.27. The molecule has 0 saturated heterocycles. The van der Waals surface area contributed by atoms with Crippen LogP contribution in [-0.4, -0.2) is 38.2 Å². The van der Waals surface area contributed by atoms with Crippen molar-refractivity contribution in [3.8, 4) is 11.5 Å². The lowest BCUT2D eigenvalue weighted by molar-refractivity contribution is 0.354. The molecule has 26 heavy (non-hydrogen) atoms. The number of nitrogens with one attached hydrogen (secondary N) is 2. The smallest absolute Gasteiger partial charge is 0.166 e. The Morgan fingerprint density at radius 3 is 2.38 bits per heavy atom. The predicted octanol–water partition coefficient (Wildman–Crippen LogP) is 4.16. The molecule has 2 N–H and O–H groups in total. The van der Waals surface area contributed by atoms with Crippen molar-refractivity contribution in [2.45, 2.75) is 11.3 Å². The van der Waals surface area contributed by atoms with Gasteiger partial charge in [-0.15, -0.1) is 11.8 Å². The van der Waals surface area contributed by atoms with Gasteiger partial charge in [0.1, 0.15) is 0 Å². The first-order chi connectivity index (χ1) is 12.6. The SMILES string of the molecule is COc1ccc(CCNC(=S)NCCSc2ccc(Cl)cc2)cc1OC. The van der Waals surface area contributed by atoms with E-state index < -0.39 is 0 Å². The summed E-state index contributed by atoms with van der Waals surface area (Å²) in [6, 6.07) is 13.8. The van der Waals surface area contributed by atoms with Crippen LogP contribution >= 0.6 is 35.6 Å². The van der Waals surface area contributed by atoms with Crippen LogP contribution in [0.4, 0.5) is 0 Å². The first-order valence-electron chi connectivity index (χ1n) is 8.23. The lowest BCUT2D eigenvalue weighted by atomic mass is 10.1. The average Bonchev–Trinajstić information content (AvgIpc) is 2.66. The number of hydrogen-bond acceptors (Lipinski definition) is 4. The molecule has 0 heterocycles. The molecule has 0 saturated carbocycles. The number of benzene rings is 2. The van der Waals surface area contributed by atoms with Gasteiger partial charge in [-0.3, -0.25) is 0 Å². The number of thiocarbonyl (C=S) groups is 1. The van der Waals surface area contributed by atoms with Gasteiger partial charge in [0.25, 0.3) is 0 Å². The molecule has 2 rings (SSSR count). The molecule has 0 bridgehead atoms. The van der Waals surface area contributed by atoms with Crippen LogP contribution in [0.1, 0.15) is 5.56 Å². The van der Waals surface area contributed by atoms with Crippen molar-refractivity contribution in [1.29, 1.82) is 0 Å². The first kappa shape index (κ1) is 20.7. The van der Waals surface area contributed by atoms with Gasteiger partial charge in [0.2, 0.25) is 0 Å². The molecular formula is C19H23ClN2O2S2. The highest BCUT2D eigenvalue weighted by molar-refractivity contribution is 7.99. The van der Waals surface area contributed by atoms with E-state index in [0.29, 0.717) is 5.11 Å². The second kappa shape index (κ2) is 11.2. The monoisotopic (exact) mass is 410 g/mol. The average molecular weight is 411 g/mol. The maximum absolute atomic E-state index is 5.88. The zero-order valence-corrected chi connectivity index (χ0v) is 17.3. The minimum atomic E-state index is 0.669. The summed E-state index contributed by atoms with van der Waals surface area (Å²) in [5.74, 6) is 2.41. The van der Waals surface area contributed by atoms with Crippen LogP contribution in [0.15, 0.2) is 47.4 Å². The van der Waals surface area contributed by atoms with Gasteiger partial charge in [-0.1, -0.05) is 17.7 Å². The Labute approximate surface area is 169 Å². The summed E-state index contributed by atoms with van der Waals surface area (Å²) in [7, 11) is 3.27. The molecule has 0 radical (unpaired) electrons. The summed E-state index contributed by atoms with van der Waals surface area (Å²) in [6.07, 6.45) is 0.849. The standard InChI is InChI=1S/C19H23ClN2O2S2/c1-23-17-8-3-14(13-18(17)24-2)9-10-21-19(25)22-11-12-26-16-6-4-15(20)5-7-16/h3-8,13H,9-12H2,1-2H3,(H2,21,22,25). The largest absolute Gasteiger partial charge is 0.493 e. The van der Waals surface area contributed by atoms with Gasteiger partial charge in [-0.2, -0.15) is 0 Å². The normalized spacial score (nSPS) is 10.3. The van der Waals surface area contributed by atoms with Crippen molar-refractivity contribution in [2.75, 3.05) is 33.1 Å². The molecule has 140 valence electrons. The zero-order valence-electron chi connectivity index (χ0n) is 14.9. The summed E-state index contributed by atoms with van der Waals surface area (Å²) in [4.78, 5) is 1.20. The Morgan fingerprint density at radius 2 is 1.69 bits per heavy atom. The Morgan fingerprint density at radius 1 is 1.00 bits per heavy atom. The van der Waals surface area contributed by atoms with Gasteiger partial charge in [0, 0.05) is 28.8 Å². The number of methoxy groups -OCH3 is 2. The third-order valence-corrected chi connectivity index (χ3v) is 5.17. The van der Waals surface area contributed by atoms with E-state index in [1.165, 1.54) is 4.90 Å². The molecule has 0 aliphatic heterocycles. The minimum absolute atomic E-state index is 0.669. The summed E-state index contributed by atoms with van der Waals surface area (Å²) in [6.45, 7) is 1.56. The maximum atomic E-state index is 5.88. The highest BCUT2D eigenvalue weighted by atomic mass is 35.5. The van der Waals surface area contributed by atoms with Crippen molar-refractivity contribution >= 4 is 40.7 Å². The molecule has 0 atom stereocenters. The van der Waals surface area contributed by atoms with Crippen LogP contribution in [0, 0.1) is 0 Å². The fourth-order valence-electron chi connectivity index (χ4n) is 2.28. The summed E-state index contributed by atoms with van der Waals surface area (Å²) in [5, 5.41) is 7.87. The van der Waals surface area contributed by atoms with E-state index in [2.05, 4.69) is 10.6 Å². The molecule has 0 aliphatic rings. The summed E-state index contributed by atoms with van der Waals surface area (Å²) >= 11 is 13.0. The Hall–Kier alpha value is -1.63. The van der Waals surface area contributed by atoms with Crippen LogP contribution in [0.5, 0.6) is 11.5 Å². The molecule has 0 aliphatic carbocycles. The molecule has 0 spiro atoms. The Kier molecular flexibility index (Phi) is 8.88. The van der Waals surface area contributed by atoms with E-state index in [1.54, 1.807) is 26.0 Å². The van der Waals surface area contributed by atoms with Gasteiger partial charge < -0.3 is 20.1 Å². The third kappa shape index (κ3) is 6.94. The third-order valence-electron chi connectivity index (χ3n) is 3.62. The van der Waals surface area contributed by atoms with Crippen LogP contribution < -0.4 is 20.1 Å². The van der Waals surface area contributed by atoms with Crippen molar-refractivity contribution in [2.24, 2.45) is 0 Å². The van der Waals surface area contributed by atoms with Crippen molar-refractivity contribution in [3.63, 3.8) is 0 Å². The molecule has 0 amide bonds. The number of halogens is 1. The van der Waals surface area contributed by atoms with Crippen LogP contribution in [0.25, 0.3) is 0 Å². The molecule has 0 fully saturated rings. The van der Waals surface area contributed by atoms with Gasteiger partial charge >= 0.3 is 0 Å². The minimum Gasteiger partial charge on any atom is -0.493 e. The molecule has 7 heteroatoms. The van der Waals surface area contributed by atoms with Gasteiger partial charge in [0.15, 0.2) is 16.6 Å². The van der Waals surface area contributed by atoms with Gasteiger partial charge in [-0.25, -0.2) is 0 Å². The van der Waals surface area contributed by atoms with Crippen LogP contribution in [0.3, 0.4) is 0 Å². The van der Waals surface area contributed by atoms with Crippen molar-refractivity contribution in [1.82, 2.24) is 10.6 Å². The van der Waals surface area contributed by atoms with E-state index in [-0.39, 0.29) is 0 Å². The van der Waals surface area contributed by atoms with Crippen LogP contribution in [0.2, 0.25) is 5.02 Å². The second-order valence-electron chi connectivity index (χ2n) is 5.42. The lowest BCUT2D eigenvalue weighted by Crippen LogP contribution is -2.37. The summed E-state index contributed by atoms with van der Waals surface area (Å²) in [5.41, 5.74) is 1.16. The fraction of sp³-hybridized carbons (Fsp3) is 0.316. The lowest BCUT2D eigenvalue weighted by Gasteiger charge is -2.12. The maximum Gasteiger partial charge on any atom is 0.166 e. The molecule has 0 aromatic heterocycles. The van der Waals surface area contributed by atoms with E-state index in [1.807, 2.05) is 42.5 Å². The second-order valence-corrected chi connectivity index (χ2v) is 7.44. The summed E-state index contributed by atoms with van der Waals surface area (Å²) < 4.78 is 10.6. The van der Waals surface area contributed by atoms with E-state index in [4.69, 9.17) is 33.3 Å². The molecule has 2 aromatic rings. The first-order valence-corrected chi connectivity index (χ1v) is 10.0. The van der Waals surface area contributed by atoms with Gasteiger partial charge in [0.05, 0.1) is 14.2 Å². The number of hydrogen-bond donors (Lipinski definition) is 2. The number of thioether (sulfide) groups is 1. The van der Waals surface area contributed by atoms with E-state index in [0.717, 1.165) is 47.3 Å².